The third-order valence-electron chi connectivity index (χ3n) is 5.30. The monoisotopic (exact) mass is 396 g/mol. The van der Waals surface area contributed by atoms with Gasteiger partial charge in [-0.25, -0.2) is 4.98 Å². The predicted octanol–water partition coefficient (Wildman–Crippen LogP) is 3.31. The van der Waals surface area contributed by atoms with Gasteiger partial charge in [-0.15, -0.1) is 0 Å². The first-order chi connectivity index (χ1) is 14.1. The highest BCUT2D eigenvalue weighted by Crippen LogP contribution is 2.28. The van der Waals surface area contributed by atoms with Crippen LogP contribution in [-0.4, -0.2) is 48.3 Å². The van der Waals surface area contributed by atoms with Crippen LogP contribution in [0, 0.1) is 5.92 Å². The zero-order chi connectivity index (χ0) is 20.2. The number of hydrogen-bond acceptors (Lipinski definition) is 6. The molecule has 2 aromatic rings. The van der Waals surface area contributed by atoms with Gasteiger partial charge in [0.25, 0.3) is 5.91 Å². The molecule has 0 bridgehead atoms. The van der Waals surface area contributed by atoms with Gasteiger partial charge in [0, 0.05) is 44.0 Å². The number of nitrogens with zero attached hydrogens (tertiary/aromatic N) is 3. The van der Waals surface area contributed by atoms with Crippen molar-refractivity contribution >= 4 is 17.7 Å². The molecule has 7 nitrogen and oxygen atoms in total. The van der Waals surface area contributed by atoms with Gasteiger partial charge in [-0.2, -0.15) is 4.98 Å². The Balaban J connectivity index is 1.63. The largest absolute Gasteiger partial charge is 0.493 e. The molecule has 1 aromatic heterocycles. The van der Waals surface area contributed by atoms with Crippen molar-refractivity contribution in [2.24, 2.45) is 5.92 Å². The van der Waals surface area contributed by atoms with Crippen LogP contribution in [0.1, 0.15) is 42.6 Å². The Morgan fingerprint density at radius 3 is 2.86 bits per heavy atom. The minimum absolute atomic E-state index is 0.0413. The van der Waals surface area contributed by atoms with Crippen LogP contribution in [0.3, 0.4) is 0 Å². The van der Waals surface area contributed by atoms with E-state index in [0.717, 1.165) is 43.8 Å². The van der Waals surface area contributed by atoms with Gasteiger partial charge in [-0.1, -0.05) is 0 Å². The van der Waals surface area contributed by atoms with Crippen LogP contribution in [0.2, 0.25) is 0 Å². The van der Waals surface area contributed by atoms with Crippen molar-refractivity contribution in [2.45, 2.75) is 39.2 Å². The van der Waals surface area contributed by atoms with Gasteiger partial charge in [0.05, 0.1) is 6.61 Å². The predicted molar refractivity (Wildman–Crippen MR) is 112 cm³/mol. The van der Waals surface area contributed by atoms with Crippen LogP contribution < -0.4 is 15.0 Å². The van der Waals surface area contributed by atoms with Crippen molar-refractivity contribution in [3.63, 3.8) is 0 Å². The smallest absolute Gasteiger partial charge is 0.259 e. The van der Waals surface area contributed by atoms with E-state index < -0.39 is 0 Å². The highest BCUT2D eigenvalue weighted by Gasteiger charge is 2.26. The number of carbonyl (C=O) groups excluding carboxylic acids is 1. The molecule has 154 valence electrons. The number of hydrogen-bond donors (Lipinski definition) is 1. The molecule has 1 fully saturated rings. The Bertz CT molecular complexity index is 865. The molecule has 1 N–H and O–H groups in total. The second kappa shape index (κ2) is 8.78. The Morgan fingerprint density at radius 2 is 2.07 bits per heavy atom. The first kappa shape index (κ1) is 19.6. The lowest BCUT2D eigenvalue weighted by Gasteiger charge is -2.29. The molecule has 4 rings (SSSR count). The summed E-state index contributed by atoms with van der Waals surface area (Å²) >= 11 is 0. The molecule has 7 heteroatoms. The van der Waals surface area contributed by atoms with E-state index in [1.165, 1.54) is 0 Å². The van der Waals surface area contributed by atoms with Gasteiger partial charge in [-0.05, 0) is 62.4 Å². The average Bonchev–Trinajstić information content (AvgIpc) is 3.20. The lowest BCUT2D eigenvalue weighted by Crippen LogP contribution is -2.38. The first-order valence-corrected chi connectivity index (χ1v) is 10.3. The Labute approximate surface area is 171 Å². The first-order valence-electron chi connectivity index (χ1n) is 10.3. The maximum absolute atomic E-state index is 13.5. The van der Waals surface area contributed by atoms with Gasteiger partial charge in [0.1, 0.15) is 11.6 Å². The van der Waals surface area contributed by atoms with Crippen molar-refractivity contribution in [1.29, 1.82) is 0 Å². The fourth-order valence-electron chi connectivity index (χ4n) is 3.77. The van der Waals surface area contributed by atoms with E-state index in [-0.39, 0.29) is 11.9 Å². The second-order valence-electron chi connectivity index (χ2n) is 7.93. The molecule has 1 aromatic carbocycles. The van der Waals surface area contributed by atoms with E-state index in [1.807, 2.05) is 32.0 Å². The van der Waals surface area contributed by atoms with Crippen molar-refractivity contribution < 1.29 is 14.3 Å². The summed E-state index contributed by atoms with van der Waals surface area (Å²) in [6.07, 6.45) is 4.44. The summed E-state index contributed by atoms with van der Waals surface area (Å²) in [5.74, 6) is 2.38. The Kier molecular flexibility index (Phi) is 5.94. The highest BCUT2D eigenvalue weighted by atomic mass is 16.5. The molecule has 1 amide bonds. The van der Waals surface area contributed by atoms with Crippen LogP contribution >= 0.6 is 0 Å². The molecule has 0 spiro atoms. The average molecular weight is 396 g/mol. The maximum atomic E-state index is 13.5. The normalized spacial score (nSPS) is 16.4. The molecule has 2 aliphatic rings. The zero-order valence-electron chi connectivity index (χ0n) is 17.1. The minimum atomic E-state index is -0.0413. The van der Waals surface area contributed by atoms with Gasteiger partial charge in [-0.3, -0.25) is 9.69 Å². The summed E-state index contributed by atoms with van der Waals surface area (Å²) < 4.78 is 11.1. The number of amides is 1. The lowest BCUT2D eigenvalue weighted by molar-refractivity contribution is 0.0668. The van der Waals surface area contributed by atoms with E-state index >= 15 is 0 Å². The Hall–Kier alpha value is -2.67. The quantitative estimate of drug-likeness (QED) is 0.807. The SMILES string of the molecule is CC(C)Nc1nccc(N(CC2CCOCC2)C(=O)c2ccc3c(c2)CCO3)n1. The summed E-state index contributed by atoms with van der Waals surface area (Å²) in [5.41, 5.74) is 1.75. The molecular formula is C22H28N4O3. The van der Waals surface area contributed by atoms with Crippen LogP contribution in [0.25, 0.3) is 0 Å². The van der Waals surface area contributed by atoms with Gasteiger partial charge >= 0.3 is 0 Å². The van der Waals surface area contributed by atoms with Crippen LogP contribution in [0.5, 0.6) is 5.75 Å². The summed E-state index contributed by atoms with van der Waals surface area (Å²) in [5, 5.41) is 3.22. The highest BCUT2D eigenvalue weighted by molar-refractivity contribution is 6.05. The van der Waals surface area contributed by atoms with Crippen molar-refractivity contribution in [2.75, 3.05) is 36.6 Å². The van der Waals surface area contributed by atoms with Crippen molar-refractivity contribution in [3.05, 3.63) is 41.6 Å². The molecule has 3 heterocycles. The number of anilines is 2. The molecule has 0 radical (unpaired) electrons. The minimum Gasteiger partial charge on any atom is -0.493 e. The van der Waals surface area contributed by atoms with Gasteiger partial charge < -0.3 is 14.8 Å². The fourth-order valence-corrected chi connectivity index (χ4v) is 3.77. The Morgan fingerprint density at radius 1 is 1.24 bits per heavy atom. The van der Waals surface area contributed by atoms with E-state index in [0.29, 0.717) is 36.4 Å². The van der Waals surface area contributed by atoms with Crippen LogP contribution in [0.15, 0.2) is 30.5 Å². The van der Waals surface area contributed by atoms with Gasteiger partial charge in [0.15, 0.2) is 0 Å². The van der Waals surface area contributed by atoms with E-state index in [4.69, 9.17) is 9.47 Å². The second-order valence-corrected chi connectivity index (χ2v) is 7.93. The number of aromatic nitrogens is 2. The molecule has 0 saturated carbocycles. The zero-order valence-corrected chi connectivity index (χ0v) is 17.1. The van der Waals surface area contributed by atoms with E-state index in [1.54, 1.807) is 17.2 Å². The molecule has 1 saturated heterocycles. The van der Waals surface area contributed by atoms with Crippen molar-refractivity contribution in [3.8, 4) is 5.75 Å². The topological polar surface area (TPSA) is 76.6 Å². The van der Waals surface area contributed by atoms with E-state index in [2.05, 4.69) is 15.3 Å². The third kappa shape index (κ3) is 4.67. The number of ether oxygens (including phenoxy) is 2. The molecule has 2 aliphatic heterocycles. The standard InChI is InChI=1S/C22H28N4O3/c1-15(2)24-22-23-9-5-20(25-22)26(14-16-6-10-28-11-7-16)21(27)18-3-4-19-17(13-18)8-12-29-19/h3-5,9,13,15-16H,6-8,10-12,14H2,1-2H3,(H,23,24,25). The molecular weight excluding hydrogens is 368 g/mol. The summed E-state index contributed by atoms with van der Waals surface area (Å²) in [6.45, 7) is 6.85. The molecule has 29 heavy (non-hydrogen) atoms. The summed E-state index contributed by atoms with van der Waals surface area (Å²) in [7, 11) is 0. The summed E-state index contributed by atoms with van der Waals surface area (Å²) in [4.78, 5) is 24.2. The van der Waals surface area contributed by atoms with E-state index in [9.17, 15) is 4.79 Å². The van der Waals surface area contributed by atoms with Crippen LogP contribution in [-0.2, 0) is 11.2 Å². The number of rotatable bonds is 6. The third-order valence-corrected chi connectivity index (χ3v) is 5.30. The number of nitrogens with one attached hydrogen (secondary N) is 1. The molecule has 0 aliphatic carbocycles. The number of benzene rings is 1. The maximum Gasteiger partial charge on any atom is 0.259 e. The van der Waals surface area contributed by atoms with Crippen LogP contribution in [0.4, 0.5) is 11.8 Å². The lowest BCUT2D eigenvalue weighted by atomic mass is 9.99. The molecule has 0 atom stereocenters. The van der Waals surface area contributed by atoms with Gasteiger partial charge in [0.2, 0.25) is 5.95 Å². The number of fused-ring (bicyclic) bond motifs is 1. The summed E-state index contributed by atoms with van der Waals surface area (Å²) in [6, 6.07) is 7.71. The number of carbonyl (C=O) groups is 1. The fraction of sp³-hybridized carbons (Fsp3) is 0.500. The van der Waals surface area contributed by atoms with Crippen molar-refractivity contribution in [1.82, 2.24) is 9.97 Å². The molecule has 0 unspecified atom stereocenters.